The number of imide groups is 2. The molecule has 0 aromatic heterocycles. The molecule has 7 rings (SSSR count). The van der Waals surface area contributed by atoms with Crippen molar-refractivity contribution in [3.8, 4) is 0 Å². The molecular formula is C47H49N5O8S2. The smallest absolute Gasteiger partial charge is 0.261 e. The third-order valence-electron chi connectivity index (χ3n) is 11.2. The number of benzene rings is 5. The van der Waals surface area contributed by atoms with Crippen molar-refractivity contribution in [1.82, 2.24) is 23.3 Å². The van der Waals surface area contributed by atoms with Crippen molar-refractivity contribution in [3.05, 3.63) is 166 Å². The zero-order valence-corrected chi connectivity index (χ0v) is 36.4. The first-order valence-corrected chi connectivity index (χ1v) is 23.4. The maximum atomic E-state index is 14.3. The van der Waals surface area contributed by atoms with Gasteiger partial charge in [-0.05, 0) is 80.8 Å². The van der Waals surface area contributed by atoms with Gasteiger partial charge in [0.1, 0.15) is 0 Å². The van der Waals surface area contributed by atoms with Crippen LogP contribution in [0, 0.1) is 13.8 Å². The lowest BCUT2D eigenvalue weighted by Crippen LogP contribution is -2.44. The molecule has 15 heteroatoms. The van der Waals surface area contributed by atoms with Crippen molar-refractivity contribution in [3.63, 3.8) is 0 Å². The molecule has 0 bridgehead atoms. The highest BCUT2D eigenvalue weighted by Crippen LogP contribution is 2.25. The van der Waals surface area contributed by atoms with Crippen LogP contribution in [0.25, 0.3) is 0 Å². The average Bonchev–Trinajstić information content (AvgIpc) is 3.66. The van der Waals surface area contributed by atoms with Crippen molar-refractivity contribution >= 4 is 43.7 Å². The van der Waals surface area contributed by atoms with Crippen LogP contribution in [0.2, 0.25) is 0 Å². The van der Waals surface area contributed by atoms with Gasteiger partial charge in [-0.15, -0.1) is 0 Å². The molecular weight excluding hydrogens is 827 g/mol. The summed E-state index contributed by atoms with van der Waals surface area (Å²) in [6.45, 7) is 4.63. The van der Waals surface area contributed by atoms with Gasteiger partial charge >= 0.3 is 0 Å². The summed E-state index contributed by atoms with van der Waals surface area (Å²) in [6.07, 6.45) is 0.371. The summed E-state index contributed by atoms with van der Waals surface area (Å²) < 4.78 is 59.9. The van der Waals surface area contributed by atoms with E-state index in [1.165, 1.54) is 8.61 Å². The van der Waals surface area contributed by atoms with Crippen LogP contribution >= 0.6 is 0 Å². The second-order valence-electron chi connectivity index (χ2n) is 15.5. The Labute approximate surface area is 363 Å². The highest BCUT2D eigenvalue weighted by atomic mass is 32.2. The summed E-state index contributed by atoms with van der Waals surface area (Å²) in [7, 11) is -8.11. The topological polar surface area (TPSA) is 153 Å². The summed E-state index contributed by atoms with van der Waals surface area (Å²) in [5.41, 5.74) is 4.00. The Bertz CT molecular complexity index is 2440. The number of carbonyl (C=O) groups excluding carboxylic acids is 4. The largest absolute Gasteiger partial charge is 0.296 e. The third-order valence-corrected chi connectivity index (χ3v) is 15.1. The molecule has 5 aromatic carbocycles. The van der Waals surface area contributed by atoms with E-state index < -0.39 is 43.7 Å². The van der Waals surface area contributed by atoms with Crippen molar-refractivity contribution in [2.45, 2.75) is 43.0 Å². The van der Waals surface area contributed by atoms with E-state index in [1.54, 1.807) is 97.1 Å². The van der Waals surface area contributed by atoms with Gasteiger partial charge in [0.25, 0.3) is 23.6 Å². The van der Waals surface area contributed by atoms with Crippen LogP contribution in [0.15, 0.2) is 137 Å². The molecule has 2 aliphatic rings. The first-order chi connectivity index (χ1) is 29.8. The zero-order chi connectivity index (χ0) is 44.0. The summed E-state index contributed by atoms with van der Waals surface area (Å²) >= 11 is 0. The SMILES string of the molecule is Cc1ccc(S(=O)(=O)N(CCCN2C(=O)c3ccccc3C2=O)CCN(CCN(CCCN2C(=O)c3ccccc3C2=O)S(=O)(=O)c2ccc(C)cc2)Cc2ccccc2)cc1. The molecule has 62 heavy (non-hydrogen) atoms. The quantitative estimate of drug-likeness (QED) is 0.0876. The van der Waals surface area contributed by atoms with E-state index in [2.05, 4.69) is 0 Å². The second kappa shape index (κ2) is 19.1. The maximum absolute atomic E-state index is 14.3. The molecule has 4 amide bonds. The molecule has 0 N–H and O–H groups in total. The zero-order valence-electron chi connectivity index (χ0n) is 34.7. The van der Waals surface area contributed by atoms with Crippen LogP contribution in [0.3, 0.4) is 0 Å². The van der Waals surface area contributed by atoms with E-state index >= 15 is 0 Å². The third kappa shape index (κ3) is 9.62. The fourth-order valence-corrected chi connectivity index (χ4v) is 10.7. The summed E-state index contributed by atoms with van der Waals surface area (Å²) in [4.78, 5) is 57.0. The van der Waals surface area contributed by atoms with Gasteiger partial charge in [-0.2, -0.15) is 8.61 Å². The van der Waals surface area contributed by atoms with Crippen LogP contribution in [0.4, 0.5) is 0 Å². The second-order valence-corrected chi connectivity index (χ2v) is 19.4. The predicted octanol–water partition coefficient (Wildman–Crippen LogP) is 5.86. The Balaban J connectivity index is 1.10. The lowest BCUT2D eigenvalue weighted by Gasteiger charge is -2.30. The normalized spacial score (nSPS) is 14.1. The van der Waals surface area contributed by atoms with Gasteiger partial charge in [0.15, 0.2) is 0 Å². The Morgan fingerprint density at radius 2 is 0.758 bits per heavy atom. The molecule has 322 valence electrons. The monoisotopic (exact) mass is 875 g/mol. The Morgan fingerprint density at radius 1 is 0.419 bits per heavy atom. The van der Waals surface area contributed by atoms with Crippen LogP contribution in [0.1, 0.15) is 71.0 Å². The minimum Gasteiger partial charge on any atom is -0.296 e. The number of carbonyl (C=O) groups is 4. The highest BCUT2D eigenvalue weighted by molar-refractivity contribution is 7.89. The fourth-order valence-electron chi connectivity index (χ4n) is 7.74. The molecule has 0 spiro atoms. The Hall–Kier alpha value is -5.84. The Kier molecular flexibility index (Phi) is 13.6. The number of rotatable bonds is 20. The lowest BCUT2D eigenvalue weighted by atomic mass is 10.1. The number of hydrogen-bond acceptors (Lipinski definition) is 9. The molecule has 0 aliphatic carbocycles. The van der Waals surface area contributed by atoms with Crippen LogP contribution < -0.4 is 0 Å². The van der Waals surface area contributed by atoms with Crippen molar-refractivity contribution in [1.29, 1.82) is 0 Å². The van der Waals surface area contributed by atoms with E-state index in [4.69, 9.17) is 0 Å². The maximum Gasteiger partial charge on any atom is 0.261 e. The van der Waals surface area contributed by atoms with Crippen LogP contribution in [-0.2, 0) is 26.6 Å². The Morgan fingerprint density at radius 3 is 1.11 bits per heavy atom. The van der Waals surface area contributed by atoms with Crippen LogP contribution in [-0.4, -0.2) is 116 Å². The highest BCUT2D eigenvalue weighted by Gasteiger charge is 2.37. The van der Waals surface area contributed by atoms with Gasteiger partial charge in [0.05, 0.1) is 32.0 Å². The van der Waals surface area contributed by atoms with Gasteiger partial charge in [0, 0.05) is 58.9 Å². The van der Waals surface area contributed by atoms with Gasteiger partial charge in [-0.25, -0.2) is 16.8 Å². The van der Waals surface area contributed by atoms with Gasteiger partial charge in [0.2, 0.25) is 20.0 Å². The molecule has 0 unspecified atom stereocenters. The van der Waals surface area contributed by atoms with E-state index in [9.17, 15) is 36.0 Å². The van der Waals surface area contributed by atoms with Crippen molar-refractivity contribution in [2.75, 3.05) is 52.4 Å². The van der Waals surface area contributed by atoms with E-state index in [-0.39, 0.29) is 75.0 Å². The van der Waals surface area contributed by atoms with E-state index in [0.717, 1.165) is 26.5 Å². The van der Waals surface area contributed by atoms with Gasteiger partial charge in [-0.1, -0.05) is 90.0 Å². The van der Waals surface area contributed by atoms with Crippen LogP contribution in [0.5, 0.6) is 0 Å². The molecule has 5 aromatic rings. The van der Waals surface area contributed by atoms with E-state index in [1.807, 2.05) is 49.1 Å². The number of sulfonamides is 2. The first kappa shape index (κ1) is 44.2. The number of amides is 4. The first-order valence-electron chi connectivity index (χ1n) is 20.6. The molecule has 0 saturated heterocycles. The lowest BCUT2D eigenvalue weighted by molar-refractivity contribution is 0.0635. The molecule has 2 heterocycles. The fraction of sp³-hybridized carbons (Fsp3) is 0.277. The van der Waals surface area contributed by atoms with Gasteiger partial charge in [-0.3, -0.25) is 33.9 Å². The molecule has 0 atom stereocenters. The summed E-state index contributed by atoms with van der Waals surface area (Å²) in [5.74, 6) is -1.66. The number of fused-ring (bicyclic) bond motifs is 2. The minimum absolute atomic E-state index is 0.00846. The number of nitrogens with zero attached hydrogens (tertiary/aromatic N) is 5. The summed E-state index contributed by atoms with van der Waals surface area (Å²) in [5, 5.41) is 0. The number of aryl methyl sites for hydroxylation is 2. The number of hydrogen-bond donors (Lipinski definition) is 0. The minimum atomic E-state index is -4.05. The molecule has 0 saturated carbocycles. The van der Waals surface area contributed by atoms with E-state index in [0.29, 0.717) is 28.8 Å². The summed E-state index contributed by atoms with van der Waals surface area (Å²) in [6, 6.07) is 35.9. The van der Waals surface area contributed by atoms with Crippen molar-refractivity contribution in [2.24, 2.45) is 0 Å². The molecule has 0 fully saturated rings. The predicted molar refractivity (Wildman–Crippen MR) is 234 cm³/mol. The molecule has 0 radical (unpaired) electrons. The van der Waals surface area contributed by atoms with Gasteiger partial charge < -0.3 is 0 Å². The molecule has 13 nitrogen and oxygen atoms in total. The van der Waals surface area contributed by atoms with Crippen molar-refractivity contribution < 1.29 is 36.0 Å². The average molecular weight is 876 g/mol. The standard InChI is InChI=1S/C47H49N5O8S2/c1-35-18-22-38(23-19-35)61(57,58)49(26-10-28-51-44(53)40-14-6-7-15-41(40)45(51)54)32-30-48(34-37-12-4-3-5-13-37)31-33-50(62(59,60)39-24-20-36(2)21-25-39)27-11-29-52-46(55)42-16-8-9-17-43(42)47(52)56/h3-9,12-25H,10-11,26-34H2,1-2H3. The molecule has 2 aliphatic heterocycles.